The largest absolute Gasteiger partial charge is 0.462 e. The number of halogens is 4. The van der Waals surface area contributed by atoms with E-state index in [9.17, 15) is 14.0 Å². The lowest BCUT2D eigenvalue weighted by molar-refractivity contribution is -0.138. The molecule has 0 bridgehead atoms. The predicted molar refractivity (Wildman–Crippen MR) is 82.3 cm³/mol. The zero-order valence-electron chi connectivity index (χ0n) is 11.5. The quantitative estimate of drug-likeness (QED) is 0.152. The number of hydrogen-bond donors (Lipinski definition) is 1. The molecule has 0 amide bonds. The fourth-order valence-corrected chi connectivity index (χ4v) is 1.97. The number of aromatic nitrogens is 1. The Kier molecular flexibility index (Phi) is 7.58. The third-order valence-electron chi connectivity index (χ3n) is 2.39. The van der Waals surface area contributed by atoms with Crippen molar-refractivity contribution in [1.29, 1.82) is 0 Å². The van der Waals surface area contributed by atoms with E-state index < -0.39 is 18.4 Å². The first kappa shape index (κ1) is 18.7. The number of nitrogens with one attached hydrogen (secondary N) is 1. The molecule has 1 aromatic rings. The standard InChI is InChI=1S/C13H12Cl3FN2O3/c1-2-22-13(21)8(5-18-4-3-17)11(20)7-6-19-12(16)10(15)9(7)14/h5-6,18H,2-4H2,1H3/b8-5-. The van der Waals surface area contributed by atoms with E-state index in [4.69, 9.17) is 39.5 Å². The van der Waals surface area contributed by atoms with E-state index in [-0.39, 0.29) is 39.5 Å². The first-order valence-electron chi connectivity index (χ1n) is 6.14. The fraction of sp³-hybridized carbons (Fsp3) is 0.308. The van der Waals surface area contributed by atoms with Crippen LogP contribution in [0, 0.1) is 0 Å². The topological polar surface area (TPSA) is 68.3 Å². The normalized spacial score (nSPS) is 11.2. The molecule has 0 aliphatic carbocycles. The molecule has 0 aliphatic rings. The number of alkyl halides is 1. The number of pyridine rings is 1. The third-order valence-corrected chi connectivity index (χ3v) is 3.63. The summed E-state index contributed by atoms with van der Waals surface area (Å²) in [7, 11) is 0. The highest BCUT2D eigenvalue weighted by Gasteiger charge is 2.25. The number of nitrogens with zero attached hydrogens (tertiary/aromatic N) is 1. The van der Waals surface area contributed by atoms with Crippen LogP contribution in [0.15, 0.2) is 18.0 Å². The van der Waals surface area contributed by atoms with Gasteiger partial charge in [-0.15, -0.1) is 0 Å². The second-order valence-electron chi connectivity index (χ2n) is 3.84. The third kappa shape index (κ3) is 4.56. The van der Waals surface area contributed by atoms with Gasteiger partial charge in [0.1, 0.15) is 17.4 Å². The maximum atomic E-state index is 12.4. The maximum Gasteiger partial charge on any atom is 0.343 e. The van der Waals surface area contributed by atoms with Gasteiger partial charge in [-0.25, -0.2) is 14.2 Å². The van der Waals surface area contributed by atoms with Gasteiger partial charge in [-0.1, -0.05) is 34.8 Å². The van der Waals surface area contributed by atoms with Crippen LogP contribution in [0.5, 0.6) is 0 Å². The summed E-state index contributed by atoms with van der Waals surface area (Å²) >= 11 is 17.4. The average Bonchev–Trinajstić information content (AvgIpc) is 2.49. The van der Waals surface area contributed by atoms with E-state index >= 15 is 0 Å². The highest BCUT2D eigenvalue weighted by molar-refractivity contribution is 6.49. The summed E-state index contributed by atoms with van der Waals surface area (Å²) < 4.78 is 16.9. The molecule has 1 heterocycles. The van der Waals surface area contributed by atoms with Crippen molar-refractivity contribution in [2.45, 2.75) is 6.92 Å². The van der Waals surface area contributed by atoms with E-state index in [1.165, 1.54) is 0 Å². The Hall–Kier alpha value is -1.37. The maximum absolute atomic E-state index is 12.4. The van der Waals surface area contributed by atoms with Gasteiger partial charge in [-0.2, -0.15) is 0 Å². The minimum absolute atomic E-state index is 0.0659. The van der Waals surface area contributed by atoms with E-state index in [1.807, 2.05) is 0 Å². The second-order valence-corrected chi connectivity index (χ2v) is 4.96. The van der Waals surface area contributed by atoms with Crippen molar-refractivity contribution in [2.24, 2.45) is 0 Å². The molecular weight excluding hydrogens is 358 g/mol. The van der Waals surface area contributed by atoms with Gasteiger partial charge in [0.15, 0.2) is 0 Å². The van der Waals surface area contributed by atoms with Crippen LogP contribution in [0.4, 0.5) is 4.39 Å². The Labute approximate surface area is 141 Å². The number of ketones is 1. The molecule has 0 unspecified atom stereocenters. The number of rotatable bonds is 7. The molecule has 0 spiro atoms. The van der Waals surface area contributed by atoms with Crippen molar-refractivity contribution in [3.05, 3.63) is 38.7 Å². The van der Waals surface area contributed by atoms with E-state index in [2.05, 4.69) is 10.3 Å². The number of Topliss-reactive ketones (excluding diaryl/α,β-unsaturated/α-hetero) is 1. The molecule has 0 radical (unpaired) electrons. The van der Waals surface area contributed by atoms with Crippen LogP contribution in [0.3, 0.4) is 0 Å². The minimum atomic E-state index is -0.874. The number of carbonyl (C=O) groups is 2. The van der Waals surface area contributed by atoms with Gasteiger partial charge < -0.3 is 10.1 Å². The highest BCUT2D eigenvalue weighted by Crippen LogP contribution is 2.32. The monoisotopic (exact) mass is 368 g/mol. The number of esters is 1. The first-order valence-corrected chi connectivity index (χ1v) is 7.28. The lowest BCUT2D eigenvalue weighted by Gasteiger charge is -2.09. The molecule has 9 heteroatoms. The number of ether oxygens (including phenoxy) is 1. The molecule has 0 aliphatic heterocycles. The Morgan fingerprint density at radius 2 is 2.05 bits per heavy atom. The van der Waals surface area contributed by atoms with E-state index in [0.717, 1.165) is 12.4 Å². The average molecular weight is 370 g/mol. The molecule has 0 fully saturated rings. The van der Waals surface area contributed by atoms with Crippen molar-refractivity contribution < 1.29 is 18.7 Å². The summed E-state index contributed by atoms with van der Waals surface area (Å²) in [5.74, 6) is -1.64. The van der Waals surface area contributed by atoms with Gasteiger partial charge in [-0.05, 0) is 6.92 Å². The van der Waals surface area contributed by atoms with Crippen molar-refractivity contribution in [2.75, 3.05) is 19.8 Å². The first-order chi connectivity index (χ1) is 10.4. The lowest BCUT2D eigenvalue weighted by atomic mass is 10.1. The van der Waals surface area contributed by atoms with Crippen LogP contribution in [-0.2, 0) is 9.53 Å². The second kappa shape index (κ2) is 8.92. The Morgan fingerprint density at radius 3 is 2.64 bits per heavy atom. The van der Waals surface area contributed by atoms with E-state index in [0.29, 0.717) is 0 Å². The SMILES string of the molecule is CCOC(=O)/C(=C\NCCF)C(=O)c1cnc(Cl)c(Cl)c1Cl. The molecule has 0 saturated carbocycles. The van der Waals surface area contributed by atoms with Crippen LogP contribution in [0.25, 0.3) is 0 Å². The Balaban J connectivity index is 3.19. The summed E-state index contributed by atoms with van der Waals surface area (Å²) in [6, 6.07) is 0. The van der Waals surface area contributed by atoms with Crippen LogP contribution in [0.2, 0.25) is 15.2 Å². The zero-order valence-corrected chi connectivity index (χ0v) is 13.7. The van der Waals surface area contributed by atoms with Gasteiger partial charge >= 0.3 is 5.97 Å². The highest BCUT2D eigenvalue weighted by atomic mass is 35.5. The van der Waals surface area contributed by atoms with Gasteiger partial charge in [0.25, 0.3) is 0 Å². The zero-order chi connectivity index (χ0) is 16.7. The summed E-state index contributed by atoms with van der Waals surface area (Å²) in [6.45, 7) is 0.919. The summed E-state index contributed by atoms with van der Waals surface area (Å²) in [5, 5.41) is 2.19. The van der Waals surface area contributed by atoms with Gasteiger partial charge in [-0.3, -0.25) is 4.79 Å². The molecule has 1 rings (SSSR count). The van der Waals surface area contributed by atoms with Gasteiger partial charge in [0.05, 0.1) is 22.2 Å². The molecule has 0 aromatic carbocycles. The smallest absolute Gasteiger partial charge is 0.343 e. The minimum Gasteiger partial charge on any atom is -0.462 e. The van der Waals surface area contributed by atoms with Crippen LogP contribution < -0.4 is 5.32 Å². The van der Waals surface area contributed by atoms with Crippen LogP contribution >= 0.6 is 34.8 Å². The lowest BCUT2D eigenvalue weighted by Crippen LogP contribution is -2.21. The predicted octanol–water partition coefficient (Wildman–Crippen LogP) is 3.23. The van der Waals surface area contributed by atoms with Crippen molar-refractivity contribution in [1.82, 2.24) is 10.3 Å². The molecule has 22 heavy (non-hydrogen) atoms. The number of hydrogen-bond acceptors (Lipinski definition) is 5. The number of carbonyl (C=O) groups excluding carboxylic acids is 2. The molecule has 0 saturated heterocycles. The molecule has 1 N–H and O–H groups in total. The molecule has 1 aromatic heterocycles. The van der Waals surface area contributed by atoms with Gasteiger partial charge in [0.2, 0.25) is 5.78 Å². The molecular formula is C13H12Cl3FN2O3. The molecule has 5 nitrogen and oxygen atoms in total. The van der Waals surface area contributed by atoms with Crippen molar-refractivity contribution in [3.63, 3.8) is 0 Å². The molecule has 120 valence electrons. The van der Waals surface area contributed by atoms with E-state index in [1.54, 1.807) is 6.92 Å². The molecule has 0 atom stereocenters. The fourth-order valence-electron chi connectivity index (χ4n) is 1.40. The van der Waals surface area contributed by atoms with Gasteiger partial charge in [0, 0.05) is 18.9 Å². The summed E-state index contributed by atoms with van der Waals surface area (Å²) in [6.07, 6.45) is 2.17. The summed E-state index contributed by atoms with van der Waals surface area (Å²) in [5.41, 5.74) is -0.463. The van der Waals surface area contributed by atoms with Crippen LogP contribution in [0.1, 0.15) is 17.3 Å². The van der Waals surface area contributed by atoms with Crippen LogP contribution in [-0.4, -0.2) is 36.6 Å². The summed E-state index contributed by atoms with van der Waals surface area (Å²) in [4.78, 5) is 28.0. The van der Waals surface area contributed by atoms with Crippen molar-refractivity contribution >= 4 is 46.6 Å². The Morgan fingerprint density at radius 1 is 1.36 bits per heavy atom. The Bertz CT molecular complexity index is 608. The van der Waals surface area contributed by atoms with Crippen molar-refractivity contribution in [3.8, 4) is 0 Å².